The van der Waals surface area contributed by atoms with Gasteiger partial charge < -0.3 is 5.11 Å². The van der Waals surface area contributed by atoms with E-state index in [9.17, 15) is 10.4 Å². The van der Waals surface area contributed by atoms with Crippen LogP contribution in [-0.4, -0.2) is 11.2 Å². The van der Waals surface area contributed by atoms with Crippen LogP contribution in [0.4, 0.5) is 0 Å². The Labute approximate surface area is 99.7 Å². The van der Waals surface area contributed by atoms with Gasteiger partial charge in [0.05, 0.1) is 17.6 Å². The van der Waals surface area contributed by atoms with Crippen LogP contribution in [0.25, 0.3) is 0 Å². The Morgan fingerprint density at radius 3 is 2.44 bits per heavy atom. The van der Waals surface area contributed by atoms with Crippen molar-refractivity contribution in [3.63, 3.8) is 0 Å². The number of rotatable bonds is 6. The summed E-state index contributed by atoms with van der Waals surface area (Å²) in [5, 5.41) is 19.5. The second-order valence-corrected chi connectivity index (χ2v) is 5.19. The third kappa shape index (κ3) is 3.49. The highest BCUT2D eigenvalue weighted by atomic mass is 16.3. The molecule has 2 nitrogen and oxygen atoms in total. The number of aliphatic hydroxyl groups is 1. The third-order valence-electron chi connectivity index (χ3n) is 3.94. The van der Waals surface area contributed by atoms with Gasteiger partial charge in [-0.1, -0.05) is 51.9 Å². The maximum atomic E-state index is 10.2. The lowest BCUT2D eigenvalue weighted by Gasteiger charge is -2.35. The first-order chi connectivity index (χ1) is 7.75. The molecule has 0 aliphatic heterocycles. The van der Waals surface area contributed by atoms with Gasteiger partial charge in [-0.25, -0.2) is 0 Å². The molecule has 1 aliphatic carbocycles. The van der Waals surface area contributed by atoms with E-state index in [0.717, 1.165) is 38.5 Å². The molecular formula is C14H25NO. The molecule has 1 rings (SSSR count). The first-order valence-electron chi connectivity index (χ1n) is 6.84. The van der Waals surface area contributed by atoms with Crippen molar-refractivity contribution in [3.05, 3.63) is 0 Å². The van der Waals surface area contributed by atoms with Crippen molar-refractivity contribution in [2.75, 3.05) is 0 Å². The summed E-state index contributed by atoms with van der Waals surface area (Å²) in [5.41, 5.74) is -0.412. The highest BCUT2D eigenvalue weighted by Gasteiger charge is 2.38. The summed E-state index contributed by atoms with van der Waals surface area (Å²) < 4.78 is 0. The van der Waals surface area contributed by atoms with Crippen LogP contribution in [0.3, 0.4) is 0 Å². The van der Waals surface area contributed by atoms with E-state index < -0.39 is 11.5 Å². The van der Waals surface area contributed by atoms with Crippen LogP contribution in [-0.2, 0) is 0 Å². The molecule has 1 N–H and O–H groups in total. The minimum Gasteiger partial charge on any atom is -0.391 e. The van der Waals surface area contributed by atoms with Gasteiger partial charge in [0.15, 0.2) is 0 Å². The van der Waals surface area contributed by atoms with Crippen molar-refractivity contribution in [2.45, 2.75) is 77.2 Å². The molecule has 0 aromatic carbocycles. The van der Waals surface area contributed by atoms with Gasteiger partial charge >= 0.3 is 0 Å². The molecule has 1 fully saturated rings. The molecule has 0 aromatic heterocycles. The number of nitrogens with zero attached hydrogens (tertiary/aromatic N) is 1. The third-order valence-corrected chi connectivity index (χ3v) is 3.94. The topological polar surface area (TPSA) is 44.0 Å². The van der Waals surface area contributed by atoms with Gasteiger partial charge in [0.1, 0.15) is 0 Å². The molecule has 1 aliphatic rings. The smallest absolute Gasteiger partial charge is 0.0832 e. The quantitative estimate of drug-likeness (QED) is 0.696. The number of hydrogen-bond acceptors (Lipinski definition) is 2. The Kier molecular flexibility index (Phi) is 5.84. The SMILES string of the molecule is CCCCCCC(O)C1(C#N)CCCCC1. The lowest BCUT2D eigenvalue weighted by molar-refractivity contribution is 0.0289. The molecule has 0 spiro atoms. The number of nitriles is 1. The Hall–Kier alpha value is -0.550. The van der Waals surface area contributed by atoms with Crippen molar-refractivity contribution < 1.29 is 5.11 Å². The summed E-state index contributed by atoms with van der Waals surface area (Å²) in [5.74, 6) is 0. The van der Waals surface area contributed by atoms with E-state index in [4.69, 9.17) is 0 Å². The van der Waals surface area contributed by atoms with Crippen LogP contribution in [0, 0.1) is 16.7 Å². The Bertz CT molecular complexity index is 225. The zero-order chi connectivity index (χ0) is 11.9. The highest BCUT2D eigenvalue weighted by Crippen LogP contribution is 2.40. The molecular weight excluding hydrogens is 198 g/mol. The fraction of sp³-hybridized carbons (Fsp3) is 0.929. The largest absolute Gasteiger partial charge is 0.391 e. The van der Waals surface area contributed by atoms with Gasteiger partial charge in [-0.15, -0.1) is 0 Å². The van der Waals surface area contributed by atoms with Crippen LogP contribution >= 0.6 is 0 Å². The van der Waals surface area contributed by atoms with Crippen molar-refractivity contribution in [3.8, 4) is 6.07 Å². The lowest BCUT2D eigenvalue weighted by atomic mass is 9.70. The average Bonchev–Trinajstić information content (AvgIpc) is 2.35. The zero-order valence-electron chi connectivity index (χ0n) is 10.5. The summed E-state index contributed by atoms with van der Waals surface area (Å²) in [4.78, 5) is 0. The van der Waals surface area contributed by atoms with Gasteiger partial charge in [-0.3, -0.25) is 0 Å². The monoisotopic (exact) mass is 223 g/mol. The second kappa shape index (κ2) is 6.91. The van der Waals surface area contributed by atoms with Crippen molar-refractivity contribution in [2.24, 2.45) is 5.41 Å². The Morgan fingerprint density at radius 2 is 1.88 bits per heavy atom. The summed E-state index contributed by atoms with van der Waals surface area (Å²) in [6, 6.07) is 2.41. The average molecular weight is 223 g/mol. The van der Waals surface area contributed by atoms with Gasteiger partial charge in [0, 0.05) is 0 Å². The van der Waals surface area contributed by atoms with E-state index in [1.54, 1.807) is 0 Å². The number of unbranched alkanes of at least 4 members (excludes halogenated alkanes) is 3. The summed E-state index contributed by atoms with van der Waals surface area (Å²) in [6.45, 7) is 2.19. The first kappa shape index (κ1) is 13.5. The maximum absolute atomic E-state index is 10.2. The van der Waals surface area contributed by atoms with Crippen molar-refractivity contribution >= 4 is 0 Å². The molecule has 0 aromatic rings. The minimum atomic E-state index is -0.412. The van der Waals surface area contributed by atoms with Crippen molar-refractivity contribution in [1.82, 2.24) is 0 Å². The number of aliphatic hydroxyl groups excluding tert-OH is 1. The Morgan fingerprint density at radius 1 is 1.19 bits per heavy atom. The molecule has 1 atom stereocenters. The maximum Gasteiger partial charge on any atom is 0.0832 e. The predicted octanol–water partition coefficient (Wildman–Crippen LogP) is 3.79. The highest BCUT2D eigenvalue weighted by molar-refractivity contribution is 5.04. The molecule has 0 bridgehead atoms. The first-order valence-corrected chi connectivity index (χ1v) is 6.84. The molecule has 1 saturated carbocycles. The zero-order valence-corrected chi connectivity index (χ0v) is 10.5. The molecule has 2 heteroatoms. The fourth-order valence-corrected chi connectivity index (χ4v) is 2.74. The molecule has 0 radical (unpaired) electrons. The number of hydrogen-bond donors (Lipinski definition) is 1. The molecule has 92 valence electrons. The summed E-state index contributed by atoms with van der Waals surface area (Å²) >= 11 is 0. The van der Waals surface area contributed by atoms with E-state index in [1.165, 1.54) is 25.7 Å². The predicted molar refractivity (Wildman–Crippen MR) is 65.9 cm³/mol. The van der Waals surface area contributed by atoms with Gasteiger partial charge in [0.2, 0.25) is 0 Å². The molecule has 0 heterocycles. The van der Waals surface area contributed by atoms with Gasteiger partial charge in [-0.2, -0.15) is 5.26 Å². The van der Waals surface area contributed by atoms with E-state index in [-0.39, 0.29) is 0 Å². The van der Waals surface area contributed by atoms with Gasteiger partial charge in [-0.05, 0) is 19.3 Å². The minimum absolute atomic E-state index is 0.394. The summed E-state index contributed by atoms with van der Waals surface area (Å²) in [6.07, 6.45) is 10.4. The normalized spacial score (nSPS) is 21.3. The second-order valence-electron chi connectivity index (χ2n) is 5.19. The Balaban J connectivity index is 2.37. The van der Waals surface area contributed by atoms with E-state index in [0.29, 0.717) is 0 Å². The molecule has 0 saturated heterocycles. The van der Waals surface area contributed by atoms with Crippen LogP contribution in [0.2, 0.25) is 0 Å². The van der Waals surface area contributed by atoms with E-state index >= 15 is 0 Å². The summed E-state index contributed by atoms with van der Waals surface area (Å²) in [7, 11) is 0. The standard InChI is InChI=1S/C14H25NO/c1-2-3-4-6-9-13(16)14(12-15)10-7-5-8-11-14/h13,16H,2-11H2,1H3. The van der Waals surface area contributed by atoms with Crippen LogP contribution in [0.5, 0.6) is 0 Å². The fourth-order valence-electron chi connectivity index (χ4n) is 2.74. The van der Waals surface area contributed by atoms with Crippen LogP contribution < -0.4 is 0 Å². The molecule has 1 unspecified atom stereocenters. The van der Waals surface area contributed by atoms with Crippen LogP contribution in [0.1, 0.15) is 71.1 Å². The van der Waals surface area contributed by atoms with E-state index in [2.05, 4.69) is 13.0 Å². The van der Waals surface area contributed by atoms with E-state index in [1.807, 2.05) is 0 Å². The van der Waals surface area contributed by atoms with Crippen LogP contribution in [0.15, 0.2) is 0 Å². The van der Waals surface area contributed by atoms with Gasteiger partial charge in [0.25, 0.3) is 0 Å². The van der Waals surface area contributed by atoms with Crippen molar-refractivity contribution in [1.29, 1.82) is 5.26 Å². The molecule has 16 heavy (non-hydrogen) atoms. The molecule has 0 amide bonds. The lowest BCUT2D eigenvalue weighted by Crippen LogP contribution is -2.35.